The zero-order chi connectivity index (χ0) is 18.7. The van der Waals surface area contributed by atoms with Gasteiger partial charge in [-0.15, -0.1) is 0 Å². The molecule has 1 aliphatic rings. The van der Waals surface area contributed by atoms with Gasteiger partial charge in [0.1, 0.15) is 11.6 Å². The van der Waals surface area contributed by atoms with Gasteiger partial charge in [0, 0.05) is 19.3 Å². The third-order valence-electron chi connectivity index (χ3n) is 4.43. The van der Waals surface area contributed by atoms with Crippen molar-refractivity contribution in [2.24, 2.45) is 0 Å². The fourth-order valence-electron chi connectivity index (χ4n) is 3.19. The maximum atomic E-state index is 12.4. The molecule has 0 bridgehead atoms. The molecule has 0 saturated carbocycles. The van der Waals surface area contributed by atoms with Gasteiger partial charge in [0.25, 0.3) is 0 Å². The van der Waals surface area contributed by atoms with Gasteiger partial charge in [0.2, 0.25) is 15.9 Å². The van der Waals surface area contributed by atoms with Crippen LogP contribution in [-0.4, -0.2) is 40.5 Å². The Labute approximate surface area is 153 Å². The van der Waals surface area contributed by atoms with E-state index in [4.69, 9.17) is 4.42 Å². The summed E-state index contributed by atoms with van der Waals surface area (Å²) in [5.74, 6) is 1.36. The number of amides is 1. The average molecular weight is 380 g/mol. The molecule has 3 heterocycles. The summed E-state index contributed by atoms with van der Waals surface area (Å²) in [7, 11) is -3.28. The second kappa shape index (κ2) is 7.63. The highest BCUT2D eigenvalue weighted by Gasteiger charge is 2.33. The van der Waals surface area contributed by atoms with E-state index < -0.39 is 10.0 Å². The lowest BCUT2D eigenvalue weighted by molar-refractivity contribution is -0.120. The molecule has 0 aliphatic carbocycles. The summed E-state index contributed by atoms with van der Waals surface area (Å²) in [6, 6.07) is 3.23. The molecule has 0 radical (unpaired) electrons. The molecule has 2 aromatic heterocycles. The number of carbonyl (C=O) groups excluding carboxylic acids is 1. The second-order valence-electron chi connectivity index (χ2n) is 6.42. The van der Waals surface area contributed by atoms with Gasteiger partial charge in [-0.3, -0.25) is 4.79 Å². The Morgan fingerprint density at radius 1 is 1.42 bits per heavy atom. The predicted molar refractivity (Wildman–Crippen MR) is 95.7 cm³/mol. The Hall–Kier alpha value is -2.13. The third kappa shape index (κ3) is 3.99. The van der Waals surface area contributed by atoms with E-state index >= 15 is 0 Å². The molecule has 0 aromatic carbocycles. The minimum Gasteiger partial charge on any atom is -0.467 e. The van der Waals surface area contributed by atoms with E-state index in [0.29, 0.717) is 43.3 Å². The molecule has 1 atom stereocenters. The number of furan rings is 1. The van der Waals surface area contributed by atoms with Crippen LogP contribution >= 0.6 is 0 Å². The molecular weight excluding hydrogens is 356 g/mol. The van der Waals surface area contributed by atoms with Gasteiger partial charge >= 0.3 is 0 Å². The number of imidazole rings is 1. The number of nitrogens with one attached hydrogen (secondary N) is 1. The van der Waals surface area contributed by atoms with E-state index in [-0.39, 0.29) is 24.1 Å². The molecule has 1 amide bonds. The van der Waals surface area contributed by atoms with Crippen molar-refractivity contribution in [3.63, 3.8) is 0 Å². The lowest BCUT2D eigenvalue weighted by atomic mass is 10.2. The molecular formula is C17H24N4O4S. The van der Waals surface area contributed by atoms with Crippen molar-refractivity contribution in [3.05, 3.63) is 41.9 Å². The first kappa shape index (κ1) is 18.7. The summed E-state index contributed by atoms with van der Waals surface area (Å²) in [5, 5.41) is 2.79. The maximum absolute atomic E-state index is 12.4. The van der Waals surface area contributed by atoms with Crippen molar-refractivity contribution < 1.29 is 17.6 Å². The van der Waals surface area contributed by atoms with E-state index in [9.17, 15) is 13.2 Å². The van der Waals surface area contributed by atoms with Crippen LogP contribution in [0, 0.1) is 0 Å². The fourth-order valence-corrected chi connectivity index (χ4v) is 4.88. The number of nitrogens with zero attached hydrogens (tertiary/aromatic N) is 3. The molecule has 3 rings (SSSR count). The maximum Gasteiger partial charge on any atom is 0.226 e. The second-order valence-corrected chi connectivity index (χ2v) is 8.46. The third-order valence-corrected chi connectivity index (χ3v) is 6.56. The Morgan fingerprint density at radius 3 is 2.92 bits per heavy atom. The molecule has 1 N–H and O–H groups in total. The monoisotopic (exact) mass is 380 g/mol. The van der Waals surface area contributed by atoms with Crippen molar-refractivity contribution in [2.75, 3.05) is 12.3 Å². The van der Waals surface area contributed by atoms with Crippen LogP contribution < -0.4 is 5.32 Å². The smallest absolute Gasteiger partial charge is 0.226 e. The van der Waals surface area contributed by atoms with Crippen molar-refractivity contribution in [2.45, 2.75) is 45.8 Å². The highest BCUT2D eigenvalue weighted by atomic mass is 32.2. The first-order valence-electron chi connectivity index (χ1n) is 8.75. The average Bonchev–Trinajstić information content (AvgIpc) is 3.22. The molecule has 142 valence electrons. The van der Waals surface area contributed by atoms with E-state index in [0.717, 1.165) is 0 Å². The van der Waals surface area contributed by atoms with Crippen molar-refractivity contribution in [1.82, 2.24) is 19.2 Å². The van der Waals surface area contributed by atoms with Gasteiger partial charge in [-0.05, 0) is 25.5 Å². The fraction of sp³-hybridized carbons (Fsp3) is 0.529. The molecule has 0 spiro atoms. The Balaban J connectivity index is 1.66. The molecule has 2 aromatic rings. The van der Waals surface area contributed by atoms with E-state index in [1.807, 2.05) is 24.6 Å². The summed E-state index contributed by atoms with van der Waals surface area (Å²) in [6.07, 6.45) is 4.13. The zero-order valence-corrected chi connectivity index (χ0v) is 15.8. The van der Waals surface area contributed by atoms with Crippen molar-refractivity contribution in [3.8, 4) is 0 Å². The van der Waals surface area contributed by atoms with Crippen molar-refractivity contribution >= 4 is 15.9 Å². The lowest BCUT2D eigenvalue weighted by Crippen LogP contribution is -2.42. The standard InChI is InChI=1S/C17H24N4O4S/c1-3-9-26(23,24)21-7-6-20-12-14(19-17(20)13(21)2)10-16(22)18-11-15-5-4-8-25-15/h4-5,8,12-13H,3,6-7,9-11H2,1-2H3,(H,18,22)/t13-/m0/s1. The first-order valence-corrected chi connectivity index (χ1v) is 10.4. The topological polar surface area (TPSA) is 97.4 Å². The van der Waals surface area contributed by atoms with E-state index in [2.05, 4.69) is 10.3 Å². The van der Waals surface area contributed by atoms with Crippen LogP contribution in [0.2, 0.25) is 0 Å². The van der Waals surface area contributed by atoms with Gasteiger partial charge in [0.15, 0.2) is 0 Å². The predicted octanol–water partition coefficient (Wildman–Crippen LogP) is 1.45. The van der Waals surface area contributed by atoms with Crippen molar-refractivity contribution in [1.29, 1.82) is 0 Å². The highest BCUT2D eigenvalue weighted by Crippen LogP contribution is 2.27. The van der Waals surface area contributed by atoms with Gasteiger partial charge in [-0.25, -0.2) is 13.4 Å². The molecule has 9 heteroatoms. The Bertz CT molecular complexity index is 857. The number of sulfonamides is 1. The molecule has 1 aliphatic heterocycles. The quantitative estimate of drug-likeness (QED) is 0.784. The number of aromatic nitrogens is 2. The minimum absolute atomic E-state index is 0.139. The van der Waals surface area contributed by atoms with Crippen LogP contribution in [0.3, 0.4) is 0 Å². The van der Waals surface area contributed by atoms with Gasteiger partial charge in [-0.2, -0.15) is 4.31 Å². The van der Waals surface area contributed by atoms with Crippen LogP contribution in [0.1, 0.15) is 43.6 Å². The minimum atomic E-state index is -3.28. The number of hydrogen-bond acceptors (Lipinski definition) is 5. The Kier molecular flexibility index (Phi) is 5.47. The van der Waals surface area contributed by atoms with Crippen LogP contribution in [-0.2, 0) is 34.3 Å². The zero-order valence-electron chi connectivity index (χ0n) is 15.0. The van der Waals surface area contributed by atoms with Crippen LogP contribution in [0.25, 0.3) is 0 Å². The number of rotatable bonds is 7. The van der Waals surface area contributed by atoms with E-state index in [1.165, 1.54) is 4.31 Å². The highest BCUT2D eigenvalue weighted by molar-refractivity contribution is 7.89. The summed E-state index contributed by atoms with van der Waals surface area (Å²) in [4.78, 5) is 16.6. The van der Waals surface area contributed by atoms with E-state index in [1.54, 1.807) is 18.4 Å². The van der Waals surface area contributed by atoms with Gasteiger partial charge in [0.05, 0.1) is 36.7 Å². The Morgan fingerprint density at radius 2 is 2.23 bits per heavy atom. The summed E-state index contributed by atoms with van der Waals surface area (Å²) < 4.78 is 33.4. The lowest BCUT2D eigenvalue weighted by Gasteiger charge is -2.32. The van der Waals surface area contributed by atoms with Gasteiger partial charge < -0.3 is 14.3 Å². The summed E-state index contributed by atoms with van der Waals surface area (Å²) in [5.41, 5.74) is 0.638. The number of hydrogen-bond donors (Lipinski definition) is 1. The summed E-state index contributed by atoms with van der Waals surface area (Å²) >= 11 is 0. The SMILES string of the molecule is CCCS(=O)(=O)N1CCn2cc(CC(=O)NCc3ccco3)nc2[C@@H]1C. The van der Waals surface area contributed by atoms with Crippen LogP contribution in [0.5, 0.6) is 0 Å². The van der Waals surface area contributed by atoms with Crippen LogP contribution in [0.15, 0.2) is 29.0 Å². The molecule has 0 saturated heterocycles. The number of carbonyl (C=O) groups is 1. The largest absolute Gasteiger partial charge is 0.467 e. The molecule has 8 nitrogen and oxygen atoms in total. The molecule has 0 fully saturated rings. The summed E-state index contributed by atoms with van der Waals surface area (Å²) in [6.45, 7) is 5.00. The normalized spacial score (nSPS) is 17.8. The van der Waals surface area contributed by atoms with Gasteiger partial charge in [-0.1, -0.05) is 6.92 Å². The molecule has 0 unspecified atom stereocenters. The molecule has 26 heavy (non-hydrogen) atoms. The van der Waals surface area contributed by atoms with Crippen LogP contribution in [0.4, 0.5) is 0 Å². The first-order chi connectivity index (χ1) is 12.4. The number of fused-ring (bicyclic) bond motifs is 1.